The van der Waals surface area contributed by atoms with Gasteiger partial charge in [-0.05, 0) is 24.8 Å². The summed E-state index contributed by atoms with van der Waals surface area (Å²) in [5.74, 6) is 0.182. The minimum Gasteiger partial charge on any atom is -0.348 e. The second-order valence-corrected chi connectivity index (χ2v) is 5.09. The molecule has 2 fully saturated rings. The summed E-state index contributed by atoms with van der Waals surface area (Å²) in [6, 6.07) is 3.23. The van der Waals surface area contributed by atoms with E-state index in [-0.39, 0.29) is 11.3 Å². The van der Waals surface area contributed by atoms with Crippen LogP contribution in [0.2, 0.25) is 0 Å². The van der Waals surface area contributed by atoms with E-state index in [4.69, 9.17) is 9.47 Å². The first-order valence-electron chi connectivity index (χ1n) is 6.57. The lowest BCUT2D eigenvalue weighted by Crippen LogP contribution is -2.37. The Morgan fingerprint density at radius 3 is 2.72 bits per heavy atom. The third-order valence-electron chi connectivity index (χ3n) is 3.90. The molecule has 1 spiro atoms. The molecule has 0 aromatic carbocycles. The van der Waals surface area contributed by atoms with Crippen LogP contribution in [0, 0.1) is 5.92 Å². The van der Waals surface area contributed by atoms with Crippen LogP contribution in [-0.2, 0) is 16.0 Å². The van der Waals surface area contributed by atoms with Crippen molar-refractivity contribution in [3.8, 4) is 0 Å². The SMILES string of the molecule is O=c1cccnn1CC1CCC2(CC1)OCCO2. The van der Waals surface area contributed by atoms with E-state index in [1.807, 2.05) is 0 Å². The zero-order valence-electron chi connectivity index (χ0n) is 10.4. The molecule has 1 aromatic heterocycles. The molecule has 18 heavy (non-hydrogen) atoms. The van der Waals surface area contributed by atoms with Gasteiger partial charge in [0, 0.05) is 31.6 Å². The highest BCUT2D eigenvalue weighted by molar-refractivity contribution is 4.87. The highest BCUT2D eigenvalue weighted by atomic mass is 16.7. The molecule has 2 heterocycles. The Bertz CT molecular complexity index is 455. The Kier molecular flexibility index (Phi) is 3.18. The first-order valence-corrected chi connectivity index (χ1v) is 6.57. The van der Waals surface area contributed by atoms with Crippen molar-refractivity contribution in [3.63, 3.8) is 0 Å². The lowest BCUT2D eigenvalue weighted by molar-refractivity contribution is -0.183. The first-order chi connectivity index (χ1) is 8.77. The summed E-state index contributed by atoms with van der Waals surface area (Å²) in [5, 5.41) is 4.10. The molecular weight excluding hydrogens is 232 g/mol. The van der Waals surface area contributed by atoms with Crippen LogP contribution >= 0.6 is 0 Å². The molecule has 0 radical (unpaired) electrons. The third-order valence-corrected chi connectivity index (χ3v) is 3.90. The third kappa shape index (κ3) is 2.33. The van der Waals surface area contributed by atoms with Crippen LogP contribution in [0.3, 0.4) is 0 Å². The number of hydrogen-bond donors (Lipinski definition) is 0. The molecule has 2 aliphatic rings. The second-order valence-electron chi connectivity index (χ2n) is 5.09. The maximum Gasteiger partial charge on any atom is 0.266 e. The fourth-order valence-corrected chi connectivity index (χ4v) is 2.85. The lowest BCUT2D eigenvalue weighted by Gasteiger charge is -2.35. The molecule has 0 atom stereocenters. The van der Waals surface area contributed by atoms with Crippen molar-refractivity contribution in [1.82, 2.24) is 9.78 Å². The van der Waals surface area contributed by atoms with Gasteiger partial charge in [-0.3, -0.25) is 4.79 Å². The fourth-order valence-electron chi connectivity index (χ4n) is 2.85. The minimum atomic E-state index is -0.314. The van der Waals surface area contributed by atoms with E-state index < -0.39 is 0 Å². The summed E-state index contributed by atoms with van der Waals surface area (Å²) in [7, 11) is 0. The zero-order valence-corrected chi connectivity index (χ0v) is 10.4. The van der Waals surface area contributed by atoms with Crippen molar-refractivity contribution in [3.05, 3.63) is 28.7 Å². The summed E-state index contributed by atoms with van der Waals surface area (Å²) in [6.07, 6.45) is 5.58. The summed E-state index contributed by atoms with van der Waals surface area (Å²) < 4.78 is 12.9. The van der Waals surface area contributed by atoms with E-state index in [0.717, 1.165) is 25.7 Å². The highest BCUT2D eigenvalue weighted by Crippen LogP contribution is 2.38. The summed E-state index contributed by atoms with van der Waals surface area (Å²) in [4.78, 5) is 11.6. The number of rotatable bonds is 2. The smallest absolute Gasteiger partial charge is 0.266 e. The van der Waals surface area contributed by atoms with E-state index >= 15 is 0 Å². The number of ether oxygens (including phenoxy) is 2. The summed E-state index contributed by atoms with van der Waals surface area (Å²) >= 11 is 0. The normalized spacial score (nSPS) is 23.6. The lowest BCUT2D eigenvalue weighted by atomic mass is 9.85. The molecule has 98 valence electrons. The first kappa shape index (κ1) is 11.9. The van der Waals surface area contributed by atoms with Gasteiger partial charge in [0.25, 0.3) is 5.56 Å². The van der Waals surface area contributed by atoms with Crippen molar-refractivity contribution in [2.45, 2.75) is 38.0 Å². The molecule has 0 bridgehead atoms. The van der Waals surface area contributed by atoms with E-state index in [9.17, 15) is 4.79 Å². The van der Waals surface area contributed by atoms with Crippen LogP contribution in [0.25, 0.3) is 0 Å². The van der Waals surface area contributed by atoms with E-state index in [1.165, 1.54) is 0 Å². The quantitative estimate of drug-likeness (QED) is 0.791. The fraction of sp³-hybridized carbons (Fsp3) is 0.692. The Morgan fingerprint density at radius 1 is 1.33 bits per heavy atom. The van der Waals surface area contributed by atoms with Crippen molar-refractivity contribution in [2.75, 3.05) is 13.2 Å². The van der Waals surface area contributed by atoms with E-state index in [2.05, 4.69) is 5.10 Å². The van der Waals surface area contributed by atoms with Gasteiger partial charge in [0.1, 0.15) is 0 Å². The van der Waals surface area contributed by atoms with Crippen molar-refractivity contribution in [2.24, 2.45) is 5.92 Å². The van der Waals surface area contributed by atoms with E-state index in [0.29, 0.717) is 25.7 Å². The highest BCUT2D eigenvalue weighted by Gasteiger charge is 2.40. The van der Waals surface area contributed by atoms with Gasteiger partial charge in [-0.25, -0.2) is 4.68 Å². The van der Waals surface area contributed by atoms with Crippen molar-refractivity contribution in [1.29, 1.82) is 0 Å². The van der Waals surface area contributed by atoms with Crippen LogP contribution < -0.4 is 5.56 Å². The summed E-state index contributed by atoms with van der Waals surface area (Å²) in [6.45, 7) is 2.13. The maximum atomic E-state index is 11.6. The van der Waals surface area contributed by atoms with Gasteiger partial charge in [-0.1, -0.05) is 0 Å². The molecule has 0 unspecified atom stereocenters. The van der Waals surface area contributed by atoms with Crippen molar-refractivity contribution >= 4 is 0 Å². The Balaban J connectivity index is 1.60. The average Bonchev–Trinajstić information content (AvgIpc) is 2.84. The zero-order chi connectivity index (χ0) is 12.4. The molecule has 5 nitrogen and oxygen atoms in total. The van der Waals surface area contributed by atoms with Gasteiger partial charge in [0.15, 0.2) is 5.79 Å². The van der Waals surface area contributed by atoms with Crippen LogP contribution in [0.15, 0.2) is 23.1 Å². The van der Waals surface area contributed by atoms with E-state index in [1.54, 1.807) is 23.0 Å². The van der Waals surface area contributed by atoms with Crippen LogP contribution in [-0.4, -0.2) is 28.8 Å². The number of aromatic nitrogens is 2. The topological polar surface area (TPSA) is 53.4 Å². The molecule has 1 aliphatic heterocycles. The molecule has 0 amide bonds. The van der Waals surface area contributed by atoms with Crippen LogP contribution in [0.1, 0.15) is 25.7 Å². The van der Waals surface area contributed by atoms with Gasteiger partial charge in [-0.15, -0.1) is 0 Å². The Labute approximate surface area is 106 Å². The molecule has 3 rings (SSSR count). The Hall–Kier alpha value is -1.20. The summed E-state index contributed by atoms with van der Waals surface area (Å²) in [5.41, 5.74) is -0.0221. The maximum absolute atomic E-state index is 11.6. The number of hydrogen-bond acceptors (Lipinski definition) is 4. The van der Waals surface area contributed by atoms with Crippen LogP contribution in [0.4, 0.5) is 0 Å². The molecule has 1 aromatic rings. The van der Waals surface area contributed by atoms with Crippen molar-refractivity contribution < 1.29 is 9.47 Å². The number of nitrogens with zero attached hydrogens (tertiary/aromatic N) is 2. The predicted molar refractivity (Wildman–Crippen MR) is 65.1 cm³/mol. The van der Waals surface area contributed by atoms with Crippen LogP contribution in [0.5, 0.6) is 0 Å². The van der Waals surface area contributed by atoms with Gasteiger partial charge < -0.3 is 9.47 Å². The van der Waals surface area contributed by atoms with Gasteiger partial charge in [-0.2, -0.15) is 5.10 Å². The second kappa shape index (κ2) is 4.82. The molecule has 1 saturated heterocycles. The predicted octanol–water partition coefficient (Wildman–Crippen LogP) is 1.18. The van der Waals surface area contributed by atoms with Gasteiger partial charge in [0.2, 0.25) is 0 Å². The molecule has 5 heteroatoms. The Morgan fingerprint density at radius 2 is 2.06 bits per heavy atom. The molecule has 1 aliphatic carbocycles. The largest absolute Gasteiger partial charge is 0.348 e. The standard InChI is InChI=1S/C13H18N2O3/c16-12-2-1-7-14-15(12)10-11-3-5-13(6-4-11)17-8-9-18-13/h1-2,7,11H,3-6,8-10H2. The molecule has 0 N–H and O–H groups in total. The molecular formula is C13H18N2O3. The monoisotopic (exact) mass is 250 g/mol. The minimum absolute atomic E-state index is 0.0221. The van der Waals surface area contributed by atoms with Gasteiger partial charge in [0.05, 0.1) is 13.2 Å². The average molecular weight is 250 g/mol. The van der Waals surface area contributed by atoms with Gasteiger partial charge >= 0.3 is 0 Å². The molecule has 1 saturated carbocycles.